The minimum atomic E-state index is -0.551. The first-order valence-electron chi connectivity index (χ1n) is 11.1. The third kappa shape index (κ3) is 4.36. The number of carbonyl (C=O) groups is 1. The molecule has 1 aromatic heterocycles. The van der Waals surface area contributed by atoms with Crippen molar-refractivity contribution < 1.29 is 19.1 Å². The number of likely N-dealkylation sites (N-methyl/N-ethyl adjacent to an activating group) is 1. The number of nitrogens with zero attached hydrogens (tertiary/aromatic N) is 1. The molecule has 8 heteroatoms. The Balaban J connectivity index is 1.87. The summed E-state index contributed by atoms with van der Waals surface area (Å²) in [6.45, 7) is 4.54. The summed E-state index contributed by atoms with van der Waals surface area (Å²) in [5, 5.41) is 16.6. The van der Waals surface area contributed by atoms with E-state index in [0.29, 0.717) is 52.2 Å². The van der Waals surface area contributed by atoms with Crippen LogP contribution in [0.1, 0.15) is 25.0 Å². The molecule has 4 rings (SSSR count). The number of aromatic hydroxyl groups is 1. The number of anilines is 1. The molecular formula is C26H29N3O5. The van der Waals surface area contributed by atoms with Gasteiger partial charge in [0.25, 0.3) is 0 Å². The Labute approximate surface area is 197 Å². The average molecular weight is 464 g/mol. The molecule has 0 atom stereocenters. The van der Waals surface area contributed by atoms with Crippen LogP contribution < -0.4 is 20.8 Å². The number of hydrogen-bond donors (Lipinski definition) is 3. The molecule has 0 spiro atoms. The van der Waals surface area contributed by atoms with Crippen LogP contribution in [0.5, 0.6) is 11.5 Å². The third-order valence-corrected chi connectivity index (χ3v) is 5.79. The first-order valence-corrected chi connectivity index (χ1v) is 11.1. The number of hydrogen-bond acceptors (Lipinski definition) is 6. The predicted octanol–water partition coefficient (Wildman–Crippen LogP) is 4.21. The van der Waals surface area contributed by atoms with Crippen molar-refractivity contribution in [2.24, 2.45) is 0 Å². The van der Waals surface area contributed by atoms with E-state index in [9.17, 15) is 14.7 Å². The normalized spacial score (nSPS) is 14.1. The third-order valence-electron chi connectivity index (χ3n) is 5.79. The number of rotatable bonds is 5. The summed E-state index contributed by atoms with van der Waals surface area (Å²) in [4.78, 5) is 27.1. The zero-order valence-corrected chi connectivity index (χ0v) is 20.0. The Morgan fingerprint density at radius 3 is 2.53 bits per heavy atom. The topological polar surface area (TPSA) is 104 Å². The fourth-order valence-corrected chi connectivity index (χ4v) is 3.95. The van der Waals surface area contributed by atoms with Crippen LogP contribution in [0.25, 0.3) is 28.2 Å². The second-order valence-electron chi connectivity index (χ2n) is 9.13. The monoisotopic (exact) mass is 463 g/mol. The molecule has 0 bridgehead atoms. The summed E-state index contributed by atoms with van der Waals surface area (Å²) in [5.41, 5.74) is 2.15. The van der Waals surface area contributed by atoms with Gasteiger partial charge >= 0.3 is 6.03 Å². The summed E-state index contributed by atoms with van der Waals surface area (Å²) in [6.07, 6.45) is 5.71. The fourth-order valence-electron chi connectivity index (χ4n) is 3.95. The van der Waals surface area contributed by atoms with Crippen molar-refractivity contribution in [1.29, 1.82) is 0 Å². The van der Waals surface area contributed by atoms with Crippen molar-refractivity contribution in [3.8, 4) is 22.6 Å². The number of phenolic OH excluding ortho intramolecular Hbond substituents is 1. The molecule has 8 nitrogen and oxygen atoms in total. The Hall–Kier alpha value is -3.78. The maximum atomic E-state index is 13.6. The van der Waals surface area contributed by atoms with E-state index < -0.39 is 5.60 Å². The van der Waals surface area contributed by atoms with E-state index in [-0.39, 0.29) is 22.6 Å². The highest BCUT2D eigenvalue weighted by Gasteiger charge is 2.30. The van der Waals surface area contributed by atoms with E-state index in [1.807, 2.05) is 45.0 Å². The zero-order chi connectivity index (χ0) is 24.6. The van der Waals surface area contributed by atoms with Gasteiger partial charge in [-0.05, 0) is 64.2 Å². The van der Waals surface area contributed by atoms with E-state index in [2.05, 4.69) is 10.6 Å². The van der Waals surface area contributed by atoms with Crippen molar-refractivity contribution in [2.75, 3.05) is 33.0 Å². The first-order chi connectivity index (χ1) is 16.1. The van der Waals surface area contributed by atoms with Crippen molar-refractivity contribution in [2.45, 2.75) is 25.9 Å². The van der Waals surface area contributed by atoms with Crippen LogP contribution in [0.4, 0.5) is 10.5 Å². The standard InChI is InChI=1S/C26H29N3O5/c1-26(2)12-10-18-23(34-26)17(11-13-29(4)5)21(30)20-22(31)19(14-33-24(18)20)15-6-8-16(9-7-15)28-25(32)27-3/h6-10,12,14,30H,11,13H2,1-5H3,(H2,27,28,32). The molecule has 0 aliphatic carbocycles. The van der Waals surface area contributed by atoms with Gasteiger partial charge in [-0.2, -0.15) is 0 Å². The van der Waals surface area contributed by atoms with E-state index in [1.54, 1.807) is 24.3 Å². The van der Waals surface area contributed by atoms with Crippen molar-refractivity contribution in [1.82, 2.24) is 10.2 Å². The van der Waals surface area contributed by atoms with Crippen LogP contribution in [0.3, 0.4) is 0 Å². The van der Waals surface area contributed by atoms with Gasteiger partial charge in [-0.15, -0.1) is 0 Å². The molecule has 0 saturated heterocycles. The van der Waals surface area contributed by atoms with Crippen LogP contribution in [0, 0.1) is 0 Å². The van der Waals surface area contributed by atoms with Gasteiger partial charge in [0.2, 0.25) is 5.43 Å². The molecule has 2 aromatic carbocycles. The average Bonchev–Trinajstić information content (AvgIpc) is 2.78. The quantitative estimate of drug-likeness (QED) is 0.524. The second kappa shape index (κ2) is 8.87. The predicted molar refractivity (Wildman–Crippen MR) is 134 cm³/mol. The number of carbonyl (C=O) groups excluding carboxylic acids is 1. The molecule has 0 radical (unpaired) electrons. The molecule has 2 amide bonds. The van der Waals surface area contributed by atoms with Crippen LogP contribution in [-0.4, -0.2) is 49.3 Å². The molecule has 1 aliphatic rings. The summed E-state index contributed by atoms with van der Waals surface area (Å²) < 4.78 is 12.2. The van der Waals surface area contributed by atoms with E-state index in [0.717, 1.165) is 0 Å². The molecule has 34 heavy (non-hydrogen) atoms. The minimum Gasteiger partial charge on any atom is -0.507 e. The lowest BCUT2D eigenvalue weighted by atomic mass is 9.94. The van der Waals surface area contributed by atoms with Gasteiger partial charge in [0.1, 0.15) is 28.7 Å². The van der Waals surface area contributed by atoms with Gasteiger partial charge in [0.05, 0.1) is 11.1 Å². The van der Waals surface area contributed by atoms with Crippen molar-refractivity contribution >= 4 is 28.8 Å². The maximum absolute atomic E-state index is 13.6. The lowest BCUT2D eigenvalue weighted by Crippen LogP contribution is -2.29. The highest BCUT2D eigenvalue weighted by Crippen LogP contribution is 2.44. The van der Waals surface area contributed by atoms with E-state index in [1.165, 1.54) is 13.3 Å². The molecule has 178 valence electrons. The van der Waals surface area contributed by atoms with Crippen molar-refractivity contribution in [3.63, 3.8) is 0 Å². The highest BCUT2D eigenvalue weighted by molar-refractivity contribution is 5.97. The van der Waals surface area contributed by atoms with E-state index >= 15 is 0 Å². The van der Waals surface area contributed by atoms with Crippen LogP contribution in [0.2, 0.25) is 0 Å². The number of benzene rings is 2. The van der Waals surface area contributed by atoms with Crippen LogP contribution in [-0.2, 0) is 6.42 Å². The second-order valence-corrected chi connectivity index (χ2v) is 9.13. The van der Waals surface area contributed by atoms with Gasteiger partial charge < -0.3 is 29.8 Å². The van der Waals surface area contributed by atoms with Crippen LogP contribution >= 0.6 is 0 Å². The molecule has 0 fully saturated rings. The van der Waals surface area contributed by atoms with E-state index in [4.69, 9.17) is 9.15 Å². The molecule has 1 aliphatic heterocycles. The maximum Gasteiger partial charge on any atom is 0.318 e. The Bertz CT molecular complexity index is 1340. The number of fused-ring (bicyclic) bond motifs is 3. The van der Waals surface area contributed by atoms with Crippen LogP contribution in [0.15, 0.2) is 45.8 Å². The molecular weight excluding hydrogens is 434 g/mol. The number of urea groups is 1. The Morgan fingerprint density at radius 2 is 1.88 bits per heavy atom. The van der Waals surface area contributed by atoms with Gasteiger partial charge in [0, 0.05) is 24.8 Å². The summed E-state index contributed by atoms with van der Waals surface area (Å²) in [6, 6.07) is 6.50. The Kier molecular flexibility index (Phi) is 6.10. The zero-order valence-electron chi connectivity index (χ0n) is 20.0. The largest absolute Gasteiger partial charge is 0.507 e. The Morgan fingerprint density at radius 1 is 1.18 bits per heavy atom. The fraction of sp³-hybridized carbons (Fsp3) is 0.308. The van der Waals surface area contributed by atoms with Gasteiger partial charge in [-0.25, -0.2) is 4.79 Å². The lowest BCUT2D eigenvalue weighted by molar-refractivity contribution is 0.156. The first kappa shape index (κ1) is 23.4. The highest BCUT2D eigenvalue weighted by atomic mass is 16.5. The van der Waals surface area contributed by atoms with Crippen molar-refractivity contribution in [3.05, 3.63) is 58.0 Å². The molecule has 2 heterocycles. The number of phenols is 1. The smallest absolute Gasteiger partial charge is 0.318 e. The number of nitrogens with one attached hydrogen (secondary N) is 2. The molecule has 0 saturated carbocycles. The molecule has 0 unspecified atom stereocenters. The number of amides is 2. The lowest BCUT2D eigenvalue weighted by Gasteiger charge is -2.30. The summed E-state index contributed by atoms with van der Waals surface area (Å²) in [7, 11) is 5.43. The summed E-state index contributed by atoms with van der Waals surface area (Å²) >= 11 is 0. The summed E-state index contributed by atoms with van der Waals surface area (Å²) in [5.74, 6) is 0.426. The number of ether oxygens (including phenoxy) is 1. The van der Waals surface area contributed by atoms with Gasteiger partial charge in [-0.1, -0.05) is 12.1 Å². The van der Waals surface area contributed by atoms with Gasteiger partial charge in [-0.3, -0.25) is 4.79 Å². The minimum absolute atomic E-state index is 0.116. The van der Waals surface area contributed by atoms with Gasteiger partial charge in [0.15, 0.2) is 5.58 Å². The molecule has 3 N–H and O–H groups in total. The molecule has 3 aromatic rings. The SMILES string of the molecule is CNC(=O)Nc1ccc(-c2coc3c4c(c(CCN(C)C)c(O)c3c2=O)OC(C)(C)C=C4)cc1.